The fraction of sp³-hybridized carbons (Fsp3) is 0.391. The van der Waals surface area contributed by atoms with Crippen molar-refractivity contribution in [1.82, 2.24) is 9.80 Å². The minimum Gasteiger partial charge on any atom is -0.496 e. The highest BCUT2D eigenvalue weighted by atomic mass is 16.5. The smallest absolute Gasteiger partial charge is 0.261 e. The number of aliphatic hydroxyl groups is 1. The Kier molecular flexibility index (Phi) is 7.20. The van der Waals surface area contributed by atoms with E-state index in [2.05, 4.69) is 6.58 Å². The second-order valence-corrected chi connectivity index (χ2v) is 7.40. The molecule has 0 saturated carbocycles. The molecule has 2 amide bonds. The Labute approximate surface area is 176 Å². The van der Waals surface area contributed by atoms with E-state index >= 15 is 0 Å². The average molecular weight is 412 g/mol. The number of amides is 2. The third-order valence-electron chi connectivity index (χ3n) is 5.16. The van der Waals surface area contributed by atoms with Gasteiger partial charge in [0.1, 0.15) is 5.75 Å². The first-order valence-electron chi connectivity index (χ1n) is 9.99. The van der Waals surface area contributed by atoms with Crippen LogP contribution < -0.4 is 4.74 Å². The summed E-state index contributed by atoms with van der Waals surface area (Å²) in [7, 11) is 3.46. The maximum absolute atomic E-state index is 13.0. The van der Waals surface area contributed by atoms with Gasteiger partial charge in [-0.1, -0.05) is 18.2 Å². The van der Waals surface area contributed by atoms with Crippen LogP contribution in [0.25, 0.3) is 10.8 Å². The van der Waals surface area contributed by atoms with E-state index < -0.39 is 6.10 Å². The first-order chi connectivity index (χ1) is 14.5. The molecule has 160 valence electrons. The fourth-order valence-corrected chi connectivity index (χ4v) is 3.79. The van der Waals surface area contributed by atoms with E-state index in [-0.39, 0.29) is 18.4 Å². The summed E-state index contributed by atoms with van der Waals surface area (Å²) in [6.45, 7) is 5.60. The van der Waals surface area contributed by atoms with Gasteiger partial charge in [0.25, 0.3) is 11.8 Å². The molecule has 1 N–H and O–H groups in total. The highest BCUT2D eigenvalue weighted by Crippen LogP contribution is 2.35. The van der Waals surface area contributed by atoms with Crippen molar-refractivity contribution in [3.63, 3.8) is 0 Å². The van der Waals surface area contributed by atoms with E-state index in [1.807, 2.05) is 18.0 Å². The molecular formula is C23H28N2O5. The topological polar surface area (TPSA) is 79.3 Å². The summed E-state index contributed by atoms with van der Waals surface area (Å²) < 4.78 is 10.6. The molecule has 0 bridgehead atoms. The summed E-state index contributed by atoms with van der Waals surface area (Å²) in [5.74, 6) is 0.0700. The summed E-state index contributed by atoms with van der Waals surface area (Å²) in [5.41, 5.74) is 1.04. The van der Waals surface area contributed by atoms with Crippen molar-refractivity contribution in [2.24, 2.45) is 0 Å². The van der Waals surface area contributed by atoms with Gasteiger partial charge in [-0.3, -0.25) is 14.5 Å². The Morgan fingerprint density at radius 3 is 2.63 bits per heavy atom. The van der Waals surface area contributed by atoms with E-state index in [0.717, 1.165) is 5.39 Å². The number of rotatable bonds is 11. The third kappa shape index (κ3) is 4.53. The van der Waals surface area contributed by atoms with Gasteiger partial charge in [-0.2, -0.15) is 0 Å². The summed E-state index contributed by atoms with van der Waals surface area (Å²) >= 11 is 0. The Morgan fingerprint density at radius 1 is 1.20 bits per heavy atom. The number of hydrogen-bond acceptors (Lipinski definition) is 6. The molecular weight excluding hydrogens is 384 g/mol. The molecule has 0 radical (unpaired) electrons. The lowest BCUT2D eigenvalue weighted by molar-refractivity contribution is 0.0302. The predicted molar refractivity (Wildman–Crippen MR) is 115 cm³/mol. The van der Waals surface area contributed by atoms with Gasteiger partial charge in [0.2, 0.25) is 0 Å². The van der Waals surface area contributed by atoms with Crippen molar-refractivity contribution in [2.75, 3.05) is 47.0 Å². The number of imide groups is 1. The molecule has 1 aliphatic heterocycles. The summed E-state index contributed by atoms with van der Waals surface area (Å²) in [6, 6.07) is 8.89. The molecule has 7 nitrogen and oxygen atoms in total. The van der Waals surface area contributed by atoms with Crippen LogP contribution in [0.3, 0.4) is 0 Å². The van der Waals surface area contributed by atoms with Gasteiger partial charge in [0.05, 0.1) is 26.4 Å². The van der Waals surface area contributed by atoms with E-state index in [4.69, 9.17) is 9.47 Å². The lowest BCUT2D eigenvalue weighted by atomic mass is 9.93. The van der Waals surface area contributed by atoms with Gasteiger partial charge < -0.3 is 19.5 Å². The van der Waals surface area contributed by atoms with Gasteiger partial charge in [-0.05, 0) is 38.2 Å². The number of aliphatic hydroxyl groups excluding tert-OH is 1. The SMILES string of the molecule is C=CCOCC(O)CN(C)CCCN1C(=O)c2cccc3c(OC)ccc(c23)C1=O. The van der Waals surface area contributed by atoms with Gasteiger partial charge in [-0.15, -0.1) is 6.58 Å². The number of hydrogen-bond donors (Lipinski definition) is 1. The molecule has 1 aliphatic rings. The van der Waals surface area contributed by atoms with Crippen LogP contribution in [-0.2, 0) is 4.74 Å². The number of ether oxygens (including phenoxy) is 2. The first-order valence-corrected chi connectivity index (χ1v) is 9.99. The summed E-state index contributed by atoms with van der Waals surface area (Å²) in [6.07, 6.45) is 1.64. The predicted octanol–water partition coefficient (Wildman–Crippen LogP) is 2.33. The van der Waals surface area contributed by atoms with E-state index in [1.165, 1.54) is 4.90 Å². The van der Waals surface area contributed by atoms with Gasteiger partial charge in [0, 0.05) is 35.0 Å². The number of carbonyl (C=O) groups is 2. The van der Waals surface area contributed by atoms with Gasteiger partial charge in [0.15, 0.2) is 0 Å². The Balaban J connectivity index is 1.64. The molecule has 1 heterocycles. The second-order valence-electron chi connectivity index (χ2n) is 7.40. The zero-order chi connectivity index (χ0) is 21.7. The van der Waals surface area contributed by atoms with Crippen molar-refractivity contribution in [1.29, 1.82) is 0 Å². The molecule has 2 aromatic rings. The second kappa shape index (κ2) is 9.84. The third-order valence-corrected chi connectivity index (χ3v) is 5.16. The Hall–Kier alpha value is -2.74. The average Bonchev–Trinajstić information content (AvgIpc) is 2.74. The van der Waals surface area contributed by atoms with Crippen LogP contribution in [0.1, 0.15) is 27.1 Å². The molecule has 2 aromatic carbocycles. The van der Waals surface area contributed by atoms with Crippen molar-refractivity contribution < 1.29 is 24.2 Å². The lowest BCUT2D eigenvalue weighted by Gasteiger charge is -2.28. The molecule has 0 aliphatic carbocycles. The van der Waals surface area contributed by atoms with Crippen molar-refractivity contribution in [3.05, 3.63) is 54.1 Å². The molecule has 1 atom stereocenters. The highest BCUT2D eigenvalue weighted by Gasteiger charge is 2.33. The molecule has 3 rings (SSSR count). The number of carbonyl (C=O) groups excluding carboxylic acids is 2. The molecule has 0 spiro atoms. The minimum atomic E-state index is -0.604. The monoisotopic (exact) mass is 412 g/mol. The molecule has 7 heteroatoms. The van der Waals surface area contributed by atoms with Crippen LogP contribution in [0.15, 0.2) is 43.0 Å². The van der Waals surface area contributed by atoms with E-state index in [0.29, 0.717) is 54.9 Å². The summed E-state index contributed by atoms with van der Waals surface area (Å²) in [4.78, 5) is 29.3. The molecule has 1 unspecified atom stereocenters. The van der Waals surface area contributed by atoms with E-state index in [1.54, 1.807) is 37.5 Å². The van der Waals surface area contributed by atoms with Crippen LogP contribution in [0.5, 0.6) is 5.75 Å². The van der Waals surface area contributed by atoms with Crippen LogP contribution in [0.2, 0.25) is 0 Å². The largest absolute Gasteiger partial charge is 0.496 e. The maximum Gasteiger partial charge on any atom is 0.261 e. The number of nitrogens with zero attached hydrogens (tertiary/aromatic N) is 2. The van der Waals surface area contributed by atoms with Crippen molar-refractivity contribution >= 4 is 22.6 Å². The van der Waals surface area contributed by atoms with Gasteiger partial charge in [-0.25, -0.2) is 0 Å². The first kappa shape index (κ1) is 22.0. The highest BCUT2D eigenvalue weighted by molar-refractivity contribution is 6.26. The quantitative estimate of drug-likeness (QED) is 0.347. The fourth-order valence-electron chi connectivity index (χ4n) is 3.79. The number of methoxy groups -OCH3 is 1. The maximum atomic E-state index is 13.0. The molecule has 0 aromatic heterocycles. The standard InChI is InChI=1S/C23H28N2O5/c1-4-13-30-15-16(26)14-24(2)11-6-12-25-22(27)18-8-5-7-17-20(29-3)10-9-19(21(17)18)23(25)28/h4-5,7-10,16,26H,1,6,11-15H2,2-3H3. The number of likely N-dealkylation sites (N-methyl/N-ethyl adjacent to an activating group) is 1. The van der Waals surface area contributed by atoms with Gasteiger partial charge >= 0.3 is 0 Å². The summed E-state index contributed by atoms with van der Waals surface area (Å²) in [5, 5.41) is 11.4. The van der Waals surface area contributed by atoms with Crippen LogP contribution in [-0.4, -0.2) is 79.8 Å². The molecule has 0 fully saturated rings. The van der Waals surface area contributed by atoms with Crippen molar-refractivity contribution in [2.45, 2.75) is 12.5 Å². The van der Waals surface area contributed by atoms with E-state index in [9.17, 15) is 14.7 Å². The zero-order valence-corrected chi connectivity index (χ0v) is 17.5. The van der Waals surface area contributed by atoms with Crippen LogP contribution >= 0.6 is 0 Å². The molecule has 30 heavy (non-hydrogen) atoms. The van der Waals surface area contributed by atoms with Crippen LogP contribution in [0.4, 0.5) is 0 Å². The minimum absolute atomic E-state index is 0.240. The Morgan fingerprint density at radius 2 is 1.93 bits per heavy atom. The normalized spacial score (nSPS) is 14.5. The number of benzene rings is 2. The molecule has 0 saturated heterocycles. The van der Waals surface area contributed by atoms with Crippen LogP contribution in [0, 0.1) is 0 Å². The Bertz CT molecular complexity index is 920. The zero-order valence-electron chi connectivity index (χ0n) is 17.5. The lowest BCUT2D eigenvalue weighted by Crippen LogP contribution is -2.42. The van der Waals surface area contributed by atoms with Crippen molar-refractivity contribution in [3.8, 4) is 5.75 Å².